The number of benzene rings is 1. The van der Waals surface area contributed by atoms with Crippen LogP contribution in [0.1, 0.15) is 57.2 Å². The maximum atomic E-state index is 6.36. The predicted molar refractivity (Wildman–Crippen MR) is 123 cm³/mol. The zero-order valence-corrected chi connectivity index (χ0v) is 18.8. The van der Waals surface area contributed by atoms with E-state index in [0.717, 1.165) is 67.2 Å². The number of fused-ring (bicyclic) bond motifs is 1. The van der Waals surface area contributed by atoms with Gasteiger partial charge in [0.15, 0.2) is 0 Å². The summed E-state index contributed by atoms with van der Waals surface area (Å²) in [6, 6.07) is 8.10. The topological polar surface area (TPSA) is 47.6 Å². The number of rotatable bonds is 6. The summed E-state index contributed by atoms with van der Waals surface area (Å²) in [5.74, 6) is 2.07. The minimum Gasteiger partial charge on any atom is -0.490 e. The normalized spacial score (nSPS) is 25.5. The Balaban J connectivity index is 1.03. The van der Waals surface area contributed by atoms with Crippen LogP contribution in [0.25, 0.3) is 11.0 Å². The van der Waals surface area contributed by atoms with Crippen LogP contribution in [0.4, 0.5) is 0 Å². The van der Waals surface area contributed by atoms with Gasteiger partial charge in [0.1, 0.15) is 17.7 Å². The van der Waals surface area contributed by atoms with Gasteiger partial charge in [-0.1, -0.05) is 12.8 Å². The van der Waals surface area contributed by atoms with E-state index in [4.69, 9.17) is 9.72 Å². The molecule has 6 heteroatoms. The zero-order chi connectivity index (χ0) is 20.6. The molecule has 2 saturated carbocycles. The van der Waals surface area contributed by atoms with Crippen molar-refractivity contribution in [1.82, 2.24) is 24.7 Å². The molecule has 4 aliphatic rings. The number of H-pyrrole nitrogens is 1. The van der Waals surface area contributed by atoms with Crippen LogP contribution in [0.2, 0.25) is 0 Å². The van der Waals surface area contributed by atoms with E-state index in [9.17, 15) is 0 Å². The molecular formula is C25H37N5O. The lowest BCUT2D eigenvalue weighted by molar-refractivity contribution is 0.0494. The highest BCUT2D eigenvalue weighted by molar-refractivity contribution is 5.76. The van der Waals surface area contributed by atoms with Crippen LogP contribution < -0.4 is 4.74 Å². The quantitative estimate of drug-likeness (QED) is 0.769. The van der Waals surface area contributed by atoms with Crippen LogP contribution in [-0.2, 0) is 6.54 Å². The fourth-order valence-corrected chi connectivity index (χ4v) is 5.74. The van der Waals surface area contributed by atoms with E-state index >= 15 is 0 Å². The van der Waals surface area contributed by atoms with Crippen LogP contribution in [0.5, 0.6) is 5.75 Å². The van der Waals surface area contributed by atoms with Crippen molar-refractivity contribution >= 4 is 11.0 Å². The van der Waals surface area contributed by atoms with Gasteiger partial charge in [-0.25, -0.2) is 4.98 Å². The Morgan fingerprint density at radius 3 is 2.16 bits per heavy atom. The number of likely N-dealkylation sites (tertiary alicyclic amines) is 1. The van der Waals surface area contributed by atoms with E-state index in [0.29, 0.717) is 6.10 Å². The van der Waals surface area contributed by atoms with Gasteiger partial charge in [-0.05, 0) is 50.7 Å². The van der Waals surface area contributed by atoms with E-state index in [2.05, 4.69) is 37.9 Å². The van der Waals surface area contributed by atoms with Gasteiger partial charge < -0.3 is 14.6 Å². The monoisotopic (exact) mass is 423 g/mol. The molecule has 1 N–H and O–H groups in total. The Morgan fingerprint density at radius 2 is 1.52 bits per heavy atom. The summed E-state index contributed by atoms with van der Waals surface area (Å²) in [7, 11) is 0. The van der Waals surface area contributed by atoms with Gasteiger partial charge in [-0.15, -0.1) is 0 Å². The highest BCUT2D eigenvalue weighted by atomic mass is 16.5. The fraction of sp³-hybridized carbons (Fsp3) is 0.720. The van der Waals surface area contributed by atoms with Gasteiger partial charge >= 0.3 is 0 Å². The molecule has 0 bridgehead atoms. The van der Waals surface area contributed by atoms with E-state index in [-0.39, 0.29) is 0 Å². The average molecular weight is 424 g/mol. The molecule has 31 heavy (non-hydrogen) atoms. The Morgan fingerprint density at radius 1 is 0.839 bits per heavy atom. The van der Waals surface area contributed by atoms with Gasteiger partial charge in [0.25, 0.3) is 0 Å². The summed E-state index contributed by atoms with van der Waals surface area (Å²) in [5.41, 5.74) is 2.16. The molecule has 0 radical (unpaired) electrons. The van der Waals surface area contributed by atoms with Crippen molar-refractivity contribution in [3.63, 3.8) is 0 Å². The predicted octanol–water partition coefficient (Wildman–Crippen LogP) is 3.63. The molecule has 4 fully saturated rings. The molecule has 0 amide bonds. The number of imidazole rings is 1. The average Bonchev–Trinajstić information content (AvgIpc) is 3.10. The third-order valence-electron chi connectivity index (χ3n) is 8.24. The number of hydrogen-bond acceptors (Lipinski definition) is 5. The van der Waals surface area contributed by atoms with Gasteiger partial charge in [0.05, 0.1) is 17.6 Å². The summed E-state index contributed by atoms with van der Waals surface area (Å²) >= 11 is 0. The first-order valence-electron chi connectivity index (χ1n) is 12.7. The summed E-state index contributed by atoms with van der Waals surface area (Å²) in [6.45, 7) is 8.04. The van der Waals surface area contributed by atoms with Crippen molar-refractivity contribution in [2.75, 3.05) is 39.3 Å². The smallest absolute Gasteiger partial charge is 0.121 e. The number of nitrogens with one attached hydrogen (secondary N) is 1. The first kappa shape index (κ1) is 20.0. The van der Waals surface area contributed by atoms with Crippen LogP contribution in [-0.4, -0.2) is 82.1 Å². The molecule has 0 atom stereocenters. The van der Waals surface area contributed by atoms with Gasteiger partial charge in [0, 0.05) is 57.4 Å². The molecule has 2 aromatic rings. The molecule has 2 saturated heterocycles. The summed E-state index contributed by atoms with van der Waals surface area (Å²) in [5, 5.41) is 0. The van der Waals surface area contributed by atoms with Crippen molar-refractivity contribution in [3.8, 4) is 5.75 Å². The molecule has 0 spiro atoms. The minimum atomic E-state index is 0.350. The van der Waals surface area contributed by atoms with Crippen LogP contribution >= 0.6 is 0 Å². The maximum absolute atomic E-state index is 6.36. The Kier molecular flexibility index (Phi) is 5.63. The van der Waals surface area contributed by atoms with Gasteiger partial charge in [-0.3, -0.25) is 9.80 Å². The highest BCUT2D eigenvalue weighted by Crippen LogP contribution is 2.29. The first-order chi connectivity index (χ1) is 15.3. The minimum absolute atomic E-state index is 0.350. The number of aromatic amines is 1. The number of hydrogen-bond donors (Lipinski definition) is 1. The first-order valence-corrected chi connectivity index (χ1v) is 12.7. The number of aromatic nitrogens is 2. The molecule has 2 aliphatic heterocycles. The fourth-order valence-electron chi connectivity index (χ4n) is 5.74. The molecule has 6 rings (SSSR count). The van der Waals surface area contributed by atoms with Crippen molar-refractivity contribution in [3.05, 3.63) is 24.0 Å². The molecule has 168 valence electrons. The number of ether oxygens (including phenoxy) is 1. The Bertz CT molecular complexity index is 839. The summed E-state index contributed by atoms with van der Waals surface area (Å²) in [4.78, 5) is 16.3. The molecule has 1 aromatic heterocycles. The van der Waals surface area contributed by atoms with Gasteiger partial charge in [0.2, 0.25) is 0 Å². The lowest BCUT2D eigenvalue weighted by atomic mass is 9.90. The largest absolute Gasteiger partial charge is 0.490 e. The summed E-state index contributed by atoms with van der Waals surface area (Å²) < 4.78 is 6.36. The maximum Gasteiger partial charge on any atom is 0.121 e. The molecule has 1 aromatic carbocycles. The Labute approximate surface area is 185 Å². The highest BCUT2D eigenvalue weighted by Gasteiger charge is 2.30. The van der Waals surface area contributed by atoms with Crippen molar-refractivity contribution in [2.24, 2.45) is 0 Å². The van der Waals surface area contributed by atoms with Crippen molar-refractivity contribution in [2.45, 2.75) is 76.1 Å². The van der Waals surface area contributed by atoms with Crippen LogP contribution in [0, 0.1) is 0 Å². The molecular weight excluding hydrogens is 386 g/mol. The molecule has 0 unspecified atom stereocenters. The number of piperidine rings is 1. The van der Waals surface area contributed by atoms with E-state index in [1.54, 1.807) is 0 Å². The van der Waals surface area contributed by atoms with E-state index in [1.165, 1.54) is 64.7 Å². The Hall–Kier alpha value is -1.63. The standard InChI is InChI=1S/C25H37N5O/c1-3-19(4-1)29-11-9-21(10-12-29)31-22-7-8-23-24(17-22)27-25(26-23)18-28-13-15-30(16-14-28)20-5-2-6-20/h7-8,17,19-21H,1-6,9-16,18H2,(H,26,27). The van der Waals surface area contributed by atoms with E-state index < -0.39 is 0 Å². The number of piperazine rings is 1. The summed E-state index contributed by atoms with van der Waals surface area (Å²) in [6.07, 6.45) is 11.1. The lowest BCUT2D eigenvalue weighted by Gasteiger charge is -2.42. The number of nitrogens with zero attached hydrogens (tertiary/aromatic N) is 4. The lowest BCUT2D eigenvalue weighted by Crippen LogP contribution is -2.51. The second-order valence-corrected chi connectivity index (χ2v) is 10.2. The van der Waals surface area contributed by atoms with Crippen molar-refractivity contribution < 1.29 is 4.74 Å². The molecule has 2 aliphatic carbocycles. The SMILES string of the molecule is c1cc2nc(CN3CCN(C4CCC4)CC3)[nH]c2cc1OC1CCN(C2CCC2)CC1. The van der Waals surface area contributed by atoms with Crippen molar-refractivity contribution in [1.29, 1.82) is 0 Å². The van der Waals surface area contributed by atoms with Crippen LogP contribution in [0.3, 0.4) is 0 Å². The molecule has 6 nitrogen and oxygen atoms in total. The van der Waals surface area contributed by atoms with Crippen LogP contribution in [0.15, 0.2) is 18.2 Å². The molecule has 3 heterocycles. The third kappa shape index (κ3) is 4.35. The van der Waals surface area contributed by atoms with Gasteiger partial charge in [-0.2, -0.15) is 0 Å². The zero-order valence-electron chi connectivity index (χ0n) is 18.8. The third-order valence-corrected chi connectivity index (χ3v) is 8.24. The second-order valence-electron chi connectivity index (χ2n) is 10.2. The van der Waals surface area contributed by atoms with E-state index in [1.807, 2.05) is 0 Å². The second kappa shape index (κ2) is 8.72.